The lowest BCUT2D eigenvalue weighted by atomic mass is 9.55. The Balaban J connectivity index is 0.000000160. The van der Waals surface area contributed by atoms with E-state index in [0.717, 1.165) is 44.1 Å². The molecule has 0 radical (unpaired) electrons. The van der Waals surface area contributed by atoms with Crippen molar-refractivity contribution in [3.05, 3.63) is 93.0 Å². The topological polar surface area (TPSA) is 142 Å². The van der Waals surface area contributed by atoms with Gasteiger partial charge >= 0.3 is 10.4 Å². The molecule has 7 rings (SSSR count). The fraction of sp³-hybridized carbons (Fsp3) is 0.364. The third-order valence-electron chi connectivity index (χ3n) is 9.72. The highest BCUT2D eigenvalue weighted by Crippen LogP contribution is 2.59. The second-order valence-electron chi connectivity index (χ2n) is 12.2. The minimum Gasteiger partial charge on any atom is -0.364 e. The molecule has 1 amide bonds. The summed E-state index contributed by atoms with van der Waals surface area (Å²) < 4.78 is 35.2. The number of aliphatic hydroxyl groups excluding tert-OH is 1. The second-order valence-corrected chi connectivity index (χ2v) is 14.1. The predicted octanol–water partition coefficient (Wildman–Crippen LogP) is 6.39. The summed E-state index contributed by atoms with van der Waals surface area (Å²) in [6.45, 7) is 2.15. The smallest absolute Gasteiger partial charge is 0.364 e. The number of Topliss-reactive ketones (excluding diaryl/α,β-unsaturated/α-hetero) is 1. The molecule has 0 saturated heterocycles. The Morgan fingerprint density at radius 2 is 1.76 bits per heavy atom. The number of benzene rings is 3. The number of aryl methyl sites for hydroxylation is 1. The lowest BCUT2D eigenvalue weighted by Crippen LogP contribution is -2.42. The van der Waals surface area contributed by atoms with Gasteiger partial charge in [0.1, 0.15) is 11.5 Å². The highest BCUT2D eigenvalue weighted by atomic mass is 35.5. The summed E-state index contributed by atoms with van der Waals surface area (Å²) in [6, 6.07) is 17.4. The van der Waals surface area contributed by atoms with Crippen LogP contribution in [0, 0.1) is 17.3 Å². The van der Waals surface area contributed by atoms with Gasteiger partial charge in [0.15, 0.2) is 0 Å². The van der Waals surface area contributed by atoms with E-state index < -0.39 is 22.5 Å². The summed E-state index contributed by atoms with van der Waals surface area (Å²) in [5, 5.41) is 13.4. The number of rotatable bonds is 3. The van der Waals surface area contributed by atoms with Gasteiger partial charge in [-0.3, -0.25) is 14.1 Å². The van der Waals surface area contributed by atoms with Crippen LogP contribution < -0.4 is 9.50 Å². The van der Waals surface area contributed by atoms with E-state index in [1.807, 2.05) is 6.07 Å². The molecule has 3 aliphatic carbocycles. The molecule has 3 N–H and O–H groups in total. The van der Waals surface area contributed by atoms with Crippen molar-refractivity contribution in [1.82, 2.24) is 0 Å². The average molecular weight is 672 g/mol. The molecule has 5 atom stereocenters. The molecule has 0 aromatic heterocycles. The standard InChI is InChI=1S/C18H22O5S.C15H10Cl2N2O2/c1-18-9-8-14-13-5-3-12(23-24(20,21)22)10-11(13)2-4-15(14)16(18)6-7-17(18)19;16-8-5-6-12-10(7-8)13(19-15(21)14(20)18-12)9-3-1-2-4-11(9)17/h3,5,10,14-16H,2,4,6-9H2,1H3,(H,20,21,22);1-7,15,21H,(H,18,20)/t14?,15?,16?,18-;/m0./s1. The van der Waals surface area contributed by atoms with Crippen LogP contribution in [-0.2, 0) is 26.4 Å². The van der Waals surface area contributed by atoms with E-state index in [4.69, 9.17) is 27.8 Å². The zero-order valence-corrected chi connectivity index (χ0v) is 26.7. The number of aliphatic hydroxyl groups is 1. The van der Waals surface area contributed by atoms with E-state index in [1.165, 1.54) is 5.56 Å². The van der Waals surface area contributed by atoms with Gasteiger partial charge in [0, 0.05) is 33.0 Å². The minimum absolute atomic E-state index is 0.132. The molecule has 236 valence electrons. The highest BCUT2D eigenvalue weighted by molar-refractivity contribution is 7.81. The Morgan fingerprint density at radius 3 is 2.51 bits per heavy atom. The molecule has 9 nitrogen and oxygen atoms in total. The maximum Gasteiger partial charge on any atom is 0.446 e. The van der Waals surface area contributed by atoms with Crippen LogP contribution in [0.3, 0.4) is 0 Å². The Hall–Kier alpha value is -3.28. The van der Waals surface area contributed by atoms with Gasteiger partial charge in [-0.05, 0) is 97.4 Å². The van der Waals surface area contributed by atoms with E-state index >= 15 is 0 Å². The first-order chi connectivity index (χ1) is 21.3. The molecule has 45 heavy (non-hydrogen) atoms. The Kier molecular flexibility index (Phi) is 8.56. The molecule has 4 aliphatic rings. The molecule has 1 aliphatic heterocycles. The Labute approximate surface area is 271 Å². The van der Waals surface area contributed by atoms with Crippen LogP contribution in [0.5, 0.6) is 5.75 Å². The second kappa shape index (κ2) is 12.1. The number of ketones is 1. The van der Waals surface area contributed by atoms with E-state index in [2.05, 4.69) is 21.4 Å². The number of carbonyl (C=O) groups excluding carboxylic acids is 2. The molecule has 0 spiro atoms. The number of benzodiazepines with no additional fused rings is 1. The van der Waals surface area contributed by atoms with Gasteiger partial charge in [-0.25, -0.2) is 4.99 Å². The number of amides is 1. The van der Waals surface area contributed by atoms with Crippen molar-refractivity contribution in [3.63, 3.8) is 0 Å². The van der Waals surface area contributed by atoms with Crippen molar-refractivity contribution in [2.75, 3.05) is 5.32 Å². The number of hydrogen-bond acceptors (Lipinski definition) is 7. The van der Waals surface area contributed by atoms with E-state index in [-0.39, 0.29) is 11.2 Å². The lowest BCUT2D eigenvalue weighted by molar-refractivity contribution is -0.129. The molecule has 1 heterocycles. The molecular formula is C33H32Cl2N2O7S. The first-order valence-electron chi connectivity index (χ1n) is 14.8. The van der Waals surface area contributed by atoms with Crippen LogP contribution in [0.25, 0.3) is 0 Å². The van der Waals surface area contributed by atoms with Crippen LogP contribution in [0.15, 0.2) is 65.7 Å². The predicted molar refractivity (Wildman–Crippen MR) is 171 cm³/mol. The van der Waals surface area contributed by atoms with Gasteiger partial charge < -0.3 is 14.6 Å². The molecule has 3 aromatic rings. The number of nitrogens with one attached hydrogen (secondary N) is 1. The maximum atomic E-state index is 12.3. The van der Waals surface area contributed by atoms with Gasteiger partial charge in [0.2, 0.25) is 6.23 Å². The van der Waals surface area contributed by atoms with Crippen LogP contribution in [0.4, 0.5) is 5.69 Å². The molecular weight excluding hydrogens is 639 g/mol. The molecule has 0 bridgehead atoms. The van der Waals surface area contributed by atoms with Crippen LogP contribution in [0.1, 0.15) is 67.2 Å². The number of carbonyl (C=O) groups is 2. The van der Waals surface area contributed by atoms with Crippen molar-refractivity contribution >= 4 is 56.7 Å². The molecule has 12 heteroatoms. The summed E-state index contributed by atoms with van der Waals surface area (Å²) in [5.41, 5.74) is 4.41. The molecule has 3 aromatic carbocycles. The van der Waals surface area contributed by atoms with Crippen molar-refractivity contribution in [2.24, 2.45) is 22.2 Å². The number of aliphatic imine (C=N–C) groups is 1. The molecule has 4 unspecified atom stereocenters. The van der Waals surface area contributed by atoms with Crippen LogP contribution >= 0.6 is 23.2 Å². The number of fused-ring (bicyclic) bond motifs is 6. The van der Waals surface area contributed by atoms with Gasteiger partial charge in [-0.2, -0.15) is 8.42 Å². The number of anilines is 1. The first kappa shape index (κ1) is 31.7. The van der Waals surface area contributed by atoms with Crippen molar-refractivity contribution in [3.8, 4) is 5.75 Å². The van der Waals surface area contributed by atoms with E-state index in [0.29, 0.717) is 56.1 Å². The van der Waals surface area contributed by atoms with Crippen molar-refractivity contribution < 1.29 is 31.8 Å². The number of hydrogen-bond donors (Lipinski definition) is 3. The summed E-state index contributed by atoms with van der Waals surface area (Å²) in [6.07, 6.45) is 4.08. The zero-order chi connectivity index (χ0) is 32.1. The fourth-order valence-electron chi connectivity index (χ4n) is 7.64. The minimum atomic E-state index is -4.49. The summed E-state index contributed by atoms with van der Waals surface area (Å²) in [4.78, 5) is 28.2. The summed E-state index contributed by atoms with van der Waals surface area (Å²) in [5.74, 6) is 1.46. The number of halogens is 2. The van der Waals surface area contributed by atoms with Gasteiger partial charge in [0.05, 0.1) is 11.4 Å². The van der Waals surface area contributed by atoms with Gasteiger partial charge in [-0.15, -0.1) is 0 Å². The SMILES string of the molecule is C[C@]12CCC3c4ccc(OS(=O)(=O)O)cc4CCC3C1CCC2=O.O=C1Nc2ccc(Cl)cc2C(c2ccccc2Cl)=NC1O. The largest absolute Gasteiger partial charge is 0.446 e. The first-order valence-corrected chi connectivity index (χ1v) is 16.9. The number of nitrogens with zero attached hydrogens (tertiary/aromatic N) is 1. The highest BCUT2D eigenvalue weighted by Gasteiger charge is 2.54. The fourth-order valence-corrected chi connectivity index (χ4v) is 8.38. The molecule has 2 saturated carbocycles. The van der Waals surface area contributed by atoms with Crippen LogP contribution in [-0.4, -0.2) is 41.7 Å². The summed E-state index contributed by atoms with van der Waals surface area (Å²) in [7, 11) is -4.49. The zero-order valence-electron chi connectivity index (χ0n) is 24.4. The third-order valence-corrected chi connectivity index (χ3v) is 10.7. The average Bonchev–Trinajstić information content (AvgIpc) is 3.23. The Bertz CT molecular complexity index is 1830. The van der Waals surface area contributed by atoms with Gasteiger partial charge in [-0.1, -0.05) is 54.4 Å². The lowest BCUT2D eigenvalue weighted by Gasteiger charge is -2.48. The van der Waals surface area contributed by atoms with Crippen LogP contribution in [0.2, 0.25) is 10.0 Å². The third kappa shape index (κ3) is 6.26. The molecule has 2 fully saturated rings. The van der Waals surface area contributed by atoms with E-state index in [9.17, 15) is 23.1 Å². The summed E-state index contributed by atoms with van der Waals surface area (Å²) >= 11 is 12.2. The maximum absolute atomic E-state index is 12.3. The Morgan fingerprint density at radius 1 is 0.978 bits per heavy atom. The van der Waals surface area contributed by atoms with Crippen molar-refractivity contribution in [2.45, 2.75) is 57.6 Å². The van der Waals surface area contributed by atoms with E-state index in [1.54, 1.807) is 54.6 Å². The monoisotopic (exact) mass is 670 g/mol. The normalized spacial score (nSPS) is 26.9. The van der Waals surface area contributed by atoms with Crippen molar-refractivity contribution in [1.29, 1.82) is 0 Å². The quantitative estimate of drug-likeness (QED) is 0.274. The van der Waals surface area contributed by atoms with Gasteiger partial charge in [0.25, 0.3) is 5.91 Å².